The van der Waals surface area contributed by atoms with Crippen LogP contribution in [0, 0.1) is 13.8 Å². The van der Waals surface area contributed by atoms with E-state index in [9.17, 15) is 9.59 Å². The van der Waals surface area contributed by atoms with Crippen LogP contribution in [0.3, 0.4) is 0 Å². The molecule has 0 aliphatic rings. The minimum absolute atomic E-state index is 0.0915. The third-order valence-electron chi connectivity index (χ3n) is 3.54. The van der Waals surface area contributed by atoms with E-state index < -0.39 is 0 Å². The lowest BCUT2D eigenvalue weighted by Gasteiger charge is -2.24. The number of halogens is 1. The van der Waals surface area contributed by atoms with E-state index in [1.165, 1.54) is 11.8 Å². The standard InChI is InChI=1S/C18H20ClN3O2/c1-12-8-13(2)18(16(19)9-12)22(14(3)23)11-17(24)21-10-15-6-4-5-7-20-15/h4-9H,10-11H2,1-3H3,(H,21,24). The van der Waals surface area contributed by atoms with Crippen LogP contribution in [0.1, 0.15) is 23.7 Å². The van der Waals surface area contributed by atoms with Crippen LogP contribution in [0.2, 0.25) is 5.02 Å². The summed E-state index contributed by atoms with van der Waals surface area (Å²) in [7, 11) is 0. The van der Waals surface area contributed by atoms with Gasteiger partial charge in [0.05, 0.1) is 22.9 Å². The second kappa shape index (κ2) is 7.93. The van der Waals surface area contributed by atoms with Gasteiger partial charge in [0.1, 0.15) is 6.54 Å². The van der Waals surface area contributed by atoms with Gasteiger partial charge in [0.25, 0.3) is 0 Å². The maximum atomic E-state index is 12.2. The number of nitrogens with zero attached hydrogens (tertiary/aromatic N) is 2. The molecular weight excluding hydrogens is 326 g/mol. The third-order valence-corrected chi connectivity index (χ3v) is 3.83. The molecule has 0 unspecified atom stereocenters. The van der Waals surface area contributed by atoms with Crippen molar-refractivity contribution in [3.63, 3.8) is 0 Å². The molecule has 0 saturated heterocycles. The fraction of sp³-hybridized carbons (Fsp3) is 0.278. The average Bonchev–Trinajstić information content (AvgIpc) is 2.52. The molecule has 126 valence electrons. The maximum absolute atomic E-state index is 12.2. The number of nitrogens with one attached hydrogen (secondary N) is 1. The number of anilines is 1. The Labute approximate surface area is 146 Å². The highest BCUT2D eigenvalue weighted by atomic mass is 35.5. The highest BCUT2D eigenvalue weighted by Gasteiger charge is 2.20. The van der Waals surface area contributed by atoms with Crippen molar-refractivity contribution in [3.8, 4) is 0 Å². The van der Waals surface area contributed by atoms with Crippen LogP contribution in [0.5, 0.6) is 0 Å². The third kappa shape index (κ3) is 4.55. The molecule has 0 spiro atoms. The lowest BCUT2D eigenvalue weighted by molar-refractivity contribution is -0.123. The Morgan fingerprint density at radius 3 is 2.58 bits per heavy atom. The molecule has 1 N–H and O–H groups in total. The molecule has 2 aromatic rings. The molecule has 0 saturated carbocycles. The van der Waals surface area contributed by atoms with Gasteiger partial charge >= 0.3 is 0 Å². The number of aromatic nitrogens is 1. The Morgan fingerprint density at radius 1 is 1.25 bits per heavy atom. The molecule has 0 radical (unpaired) electrons. The maximum Gasteiger partial charge on any atom is 0.240 e. The quantitative estimate of drug-likeness (QED) is 0.906. The zero-order chi connectivity index (χ0) is 17.7. The number of aryl methyl sites for hydroxylation is 2. The number of pyridine rings is 1. The molecule has 0 aliphatic heterocycles. The van der Waals surface area contributed by atoms with Crippen molar-refractivity contribution in [1.82, 2.24) is 10.3 Å². The predicted octanol–water partition coefficient (Wildman–Crippen LogP) is 3.02. The molecule has 2 rings (SSSR count). The number of carbonyl (C=O) groups excluding carboxylic acids is 2. The first-order valence-corrected chi connectivity index (χ1v) is 7.97. The molecule has 0 bridgehead atoms. The SMILES string of the molecule is CC(=O)N(CC(=O)NCc1ccccn1)c1c(C)cc(C)cc1Cl. The van der Waals surface area contributed by atoms with Gasteiger partial charge in [-0.1, -0.05) is 23.7 Å². The molecule has 24 heavy (non-hydrogen) atoms. The van der Waals surface area contributed by atoms with E-state index in [0.717, 1.165) is 16.8 Å². The Balaban J connectivity index is 2.12. The van der Waals surface area contributed by atoms with Gasteiger partial charge in [-0.05, 0) is 43.2 Å². The Morgan fingerprint density at radius 2 is 2.00 bits per heavy atom. The predicted molar refractivity (Wildman–Crippen MR) is 95.0 cm³/mol. The molecule has 1 aromatic heterocycles. The highest BCUT2D eigenvalue weighted by molar-refractivity contribution is 6.34. The van der Waals surface area contributed by atoms with Gasteiger partial charge in [-0.25, -0.2) is 0 Å². The zero-order valence-corrected chi connectivity index (χ0v) is 14.7. The van der Waals surface area contributed by atoms with Crippen molar-refractivity contribution < 1.29 is 9.59 Å². The van der Waals surface area contributed by atoms with Crippen molar-refractivity contribution in [1.29, 1.82) is 0 Å². The van der Waals surface area contributed by atoms with Crippen LogP contribution in [-0.2, 0) is 16.1 Å². The van der Waals surface area contributed by atoms with Gasteiger partial charge in [-0.3, -0.25) is 14.6 Å². The second-order valence-electron chi connectivity index (χ2n) is 5.62. The smallest absolute Gasteiger partial charge is 0.240 e. The van der Waals surface area contributed by atoms with Crippen LogP contribution in [0.25, 0.3) is 0 Å². The Hall–Kier alpha value is -2.40. The van der Waals surface area contributed by atoms with Crippen LogP contribution in [-0.4, -0.2) is 23.3 Å². The number of hydrogen-bond donors (Lipinski definition) is 1. The number of rotatable bonds is 5. The summed E-state index contributed by atoms with van der Waals surface area (Å²) in [6.45, 7) is 5.44. The summed E-state index contributed by atoms with van der Waals surface area (Å²) < 4.78 is 0. The summed E-state index contributed by atoms with van der Waals surface area (Å²) in [6.07, 6.45) is 1.67. The van der Waals surface area contributed by atoms with Crippen molar-refractivity contribution >= 4 is 29.1 Å². The minimum atomic E-state index is -0.271. The zero-order valence-electron chi connectivity index (χ0n) is 14.0. The van der Waals surface area contributed by atoms with E-state index in [1.54, 1.807) is 12.3 Å². The lowest BCUT2D eigenvalue weighted by atomic mass is 10.1. The minimum Gasteiger partial charge on any atom is -0.349 e. The first kappa shape index (κ1) is 17.9. The summed E-state index contributed by atoms with van der Waals surface area (Å²) in [5.41, 5.74) is 3.18. The fourth-order valence-corrected chi connectivity index (χ4v) is 2.91. The second-order valence-corrected chi connectivity index (χ2v) is 6.02. The Bertz CT molecular complexity index is 724. The molecule has 0 fully saturated rings. The number of hydrogen-bond acceptors (Lipinski definition) is 3. The van der Waals surface area contributed by atoms with Crippen molar-refractivity contribution in [2.75, 3.05) is 11.4 Å². The van der Waals surface area contributed by atoms with Crippen molar-refractivity contribution in [2.24, 2.45) is 0 Å². The van der Waals surface area contributed by atoms with Crippen LogP contribution < -0.4 is 10.2 Å². The van der Waals surface area contributed by atoms with Gasteiger partial charge < -0.3 is 10.2 Å². The highest BCUT2D eigenvalue weighted by Crippen LogP contribution is 2.31. The van der Waals surface area contributed by atoms with Crippen molar-refractivity contribution in [3.05, 3.63) is 58.4 Å². The van der Waals surface area contributed by atoms with E-state index in [2.05, 4.69) is 10.3 Å². The van der Waals surface area contributed by atoms with Gasteiger partial charge in [0, 0.05) is 13.1 Å². The fourth-order valence-electron chi connectivity index (χ4n) is 2.49. The summed E-state index contributed by atoms with van der Waals surface area (Å²) >= 11 is 6.29. The first-order valence-electron chi connectivity index (χ1n) is 7.60. The molecule has 6 heteroatoms. The largest absolute Gasteiger partial charge is 0.349 e. The van der Waals surface area contributed by atoms with Crippen LogP contribution in [0.15, 0.2) is 36.5 Å². The summed E-state index contributed by atoms with van der Waals surface area (Å²) in [5.74, 6) is -0.510. The van der Waals surface area contributed by atoms with Gasteiger partial charge in [-0.15, -0.1) is 0 Å². The molecule has 5 nitrogen and oxygen atoms in total. The molecule has 0 atom stereocenters. The topological polar surface area (TPSA) is 62.3 Å². The van der Waals surface area contributed by atoms with E-state index >= 15 is 0 Å². The molecular formula is C18H20ClN3O2. The van der Waals surface area contributed by atoms with Gasteiger partial charge in [0.2, 0.25) is 11.8 Å². The average molecular weight is 346 g/mol. The first-order chi connectivity index (χ1) is 11.4. The van der Waals surface area contributed by atoms with Crippen LogP contribution in [0.4, 0.5) is 5.69 Å². The number of amides is 2. The number of carbonyl (C=O) groups is 2. The summed E-state index contributed by atoms with van der Waals surface area (Å²) in [5, 5.41) is 3.22. The lowest BCUT2D eigenvalue weighted by Crippen LogP contribution is -2.40. The van der Waals surface area contributed by atoms with Crippen LogP contribution >= 0.6 is 11.6 Å². The van der Waals surface area contributed by atoms with Gasteiger partial charge in [-0.2, -0.15) is 0 Å². The van der Waals surface area contributed by atoms with E-state index in [0.29, 0.717) is 17.3 Å². The molecule has 0 aliphatic carbocycles. The number of benzene rings is 1. The summed E-state index contributed by atoms with van der Waals surface area (Å²) in [6, 6.07) is 9.20. The van der Waals surface area contributed by atoms with E-state index in [1.807, 2.05) is 38.1 Å². The molecule has 2 amide bonds. The van der Waals surface area contributed by atoms with Gasteiger partial charge in [0.15, 0.2) is 0 Å². The Kier molecular flexibility index (Phi) is 5.93. The van der Waals surface area contributed by atoms with E-state index in [4.69, 9.17) is 11.6 Å². The molecule has 1 aromatic carbocycles. The summed E-state index contributed by atoms with van der Waals surface area (Å²) in [4.78, 5) is 29.8. The normalized spacial score (nSPS) is 10.3. The van der Waals surface area contributed by atoms with E-state index in [-0.39, 0.29) is 18.4 Å². The molecule has 1 heterocycles. The monoisotopic (exact) mass is 345 g/mol. The van der Waals surface area contributed by atoms with Crippen molar-refractivity contribution in [2.45, 2.75) is 27.3 Å².